The molecule has 0 aromatic carbocycles. The molecule has 0 atom stereocenters. The van der Waals surface area contributed by atoms with E-state index in [0.29, 0.717) is 0 Å². The Morgan fingerprint density at radius 2 is 1.80 bits per heavy atom. The SMILES string of the molecule is CCCCCn1cc(C)c(C)c(C)c1=O. The summed E-state index contributed by atoms with van der Waals surface area (Å²) in [7, 11) is 0. The van der Waals surface area contributed by atoms with Crippen molar-refractivity contribution < 1.29 is 0 Å². The zero-order valence-corrected chi connectivity index (χ0v) is 10.3. The van der Waals surface area contributed by atoms with Crippen LogP contribution in [0.25, 0.3) is 0 Å². The highest BCUT2D eigenvalue weighted by Crippen LogP contribution is 2.08. The largest absolute Gasteiger partial charge is 0.315 e. The summed E-state index contributed by atoms with van der Waals surface area (Å²) in [6.45, 7) is 9.03. The number of unbranched alkanes of at least 4 members (excludes halogenated alkanes) is 2. The molecule has 0 saturated carbocycles. The van der Waals surface area contributed by atoms with Crippen molar-refractivity contribution in [2.45, 2.75) is 53.5 Å². The van der Waals surface area contributed by atoms with E-state index in [-0.39, 0.29) is 5.56 Å². The molecule has 2 nitrogen and oxygen atoms in total. The number of aryl methyl sites for hydroxylation is 2. The summed E-state index contributed by atoms with van der Waals surface area (Å²) in [6, 6.07) is 0. The second kappa shape index (κ2) is 5.15. The lowest BCUT2D eigenvalue weighted by molar-refractivity contribution is 0.583. The maximum Gasteiger partial charge on any atom is 0.253 e. The Hall–Kier alpha value is -1.05. The molecule has 1 aromatic heterocycles. The van der Waals surface area contributed by atoms with Crippen molar-refractivity contribution in [3.63, 3.8) is 0 Å². The lowest BCUT2D eigenvalue weighted by Crippen LogP contribution is -2.23. The minimum absolute atomic E-state index is 0.175. The van der Waals surface area contributed by atoms with E-state index in [4.69, 9.17) is 0 Å². The first-order valence-corrected chi connectivity index (χ1v) is 5.75. The molecule has 0 spiro atoms. The maximum absolute atomic E-state index is 11.9. The van der Waals surface area contributed by atoms with Crippen LogP contribution in [0.3, 0.4) is 0 Å². The Balaban J connectivity index is 2.94. The van der Waals surface area contributed by atoms with Gasteiger partial charge in [-0.05, 0) is 38.3 Å². The van der Waals surface area contributed by atoms with Gasteiger partial charge in [0.25, 0.3) is 5.56 Å². The quantitative estimate of drug-likeness (QED) is 0.696. The van der Waals surface area contributed by atoms with Crippen molar-refractivity contribution in [3.05, 3.63) is 33.2 Å². The van der Waals surface area contributed by atoms with Crippen molar-refractivity contribution in [2.24, 2.45) is 0 Å². The van der Waals surface area contributed by atoms with E-state index in [2.05, 4.69) is 13.8 Å². The standard InChI is InChI=1S/C13H21NO/c1-5-6-7-8-14-9-10(2)11(3)12(4)13(14)15/h9H,5-8H2,1-4H3. The Bertz CT molecular complexity index is 390. The minimum atomic E-state index is 0.175. The van der Waals surface area contributed by atoms with Crippen LogP contribution in [0.2, 0.25) is 0 Å². The molecule has 1 rings (SSSR count). The van der Waals surface area contributed by atoms with Crippen molar-refractivity contribution in [1.82, 2.24) is 4.57 Å². The van der Waals surface area contributed by atoms with Crippen molar-refractivity contribution in [1.29, 1.82) is 0 Å². The fourth-order valence-electron chi connectivity index (χ4n) is 1.76. The predicted molar refractivity (Wildman–Crippen MR) is 64.4 cm³/mol. The average Bonchev–Trinajstić information content (AvgIpc) is 2.23. The van der Waals surface area contributed by atoms with Gasteiger partial charge in [0, 0.05) is 18.3 Å². The summed E-state index contributed by atoms with van der Waals surface area (Å²) in [5.41, 5.74) is 3.41. The predicted octanol–water partition coefficient (Wildman–Crippen LogP) is 2.96. The fraction of sp³-hybridized carbons (Fsp3) is 0.615. The molecule has 0 aliphatic heterocycles. The molecule has 1 heterocycles. The van der Waals surface area contributed by atoms with Crippen LogP contribution < -0.4 is 5.56 Å². The summed E-state index contributed by atoms with van der Waals surface area (Å²) in [6.07, 6.45) is 5.47. The lowest BCUT2D eigenvalue weighted by atomic mass is 10.1. The van der Waals surface area contributed by atoms with E-state index in [9.17, 15) is 4.79 Å². The van der Waals surface area contributed by atoms with E-state index in [0.717, 1.165) is 24.1 Å². The van der Waals surface area contributed by atoms with Gasteiger partial charge < -0.3 is 4.57 Å². The van der Waals surface area contributed by atoms with Gasteiger partial charge in [0.2, 0.25) is 0 Å². The van der Waals surface area contributed by atoms with E-state index in [1.54, 1.807) is 0 Å². The third kappa shape index (κ3) is 2.71. The number of nitrogens with zero attached hydrogens (tertiary/aromatic N) is 1. The second-order valence-corrected chi connectivity index (χ2v) is 4.27. The second-order valence-electron chi connectivity index (χ2n) is 4.27. The molecule has 0 aliphatic carbocycles. The number of pyridine rings is 1. The molecule has 0 unspecified atom stereocenters. The molecule has 2 heteroatoms. The van der Waals surface area contributed by atoms with Crippen LogP contribution in [0.4, 0.5) is 0 Å². The van der Waals surface area contributed by atoms with E-state index < -0.39 is 0 Å². The number of hydrogen-bond donors (Lipinski definition) is 0. The van der Waals surface area contributed by atoms with Crippen LogP contribution in [0.5, 0.6) is 0 Å². The lowest BCUT2D eigenvalue weighted by Gasteiger charge is -2.10. The average molecular weight is 207 g/mol. The highest BCUT2D eigenvalue weighted by molar-refractivity contribution is 5.28. The minimum Gasteiger partial charge on any atom is -0.315 e. The Kier molecular flexibility index (Phi) is 4.13. The zero-order chi connectivity index (χ0) is 11.4. The summed E-state index contributed by atoms with van der Waals surface area (Å²) >= 11 is 0. The zero-order valence-electron chi connectivity index (χ0n) is 10.3. The first-order valence-electron chi connectivity index (χ1n) is 5.75. The Morgan fingerprint density at radius 1 is 1.13 bits per heavy atom. The smallest absolute Gasteiger partial charge is 0.253 e. The van der Waals surface area contributed by atoms with E-state index in [1.807, 2.05) is 24.6 Å². The van der Waals surface area contributed by atoms with Crippen molar-refractivity contribution in [2.75, 3.05) is 0 Å². The van der Waals surface area contributed by atoms with Gasteiger partial charge in [0.05, 0.1) is 0 Å². The molecule has 0 bridgehead atoms. The number of hydrogen-bond acceptors (Lipinski definition) is 1. The van der Waals surface area contributed by atoms with E-state index in [1.165, 1.54) is 18.4 Å². The van der Waals surface area contributed by atoms with Gasteiger partial charge in [-0.1, -0.05) is 19.8 Å². The van der Waals surface area contributed by atoms with Crippen LogP contribution in [-0.4, -0.2) is 4.57 Å². The van der Waals surface area contributed by atoms with Crippen LogP contribution in [0.1, 0.15) is 42.9 Å². The van der Waals surface area contributed by atoms with Gasteiger partial charge in [-0.2, -0.15) is 0 Å². The Morgan fingerprint density at radius 3 is 2.40 bits per heavy atom. The summed E-state index contributed by atoms with van der Waals surface area (Å²) < 4.78 is 1.85. The molecule has 0 saturated heterocycles. The molecule has 0 radical (unpaired) electrons. The highest BCUT2D eigenvalue weighted by atomic mass is 16.1. The van der Waals surface area contributed by atoms with Gasteiger partial charge in [-0.3, -0.25) is 4.79 Å². The van der Waals surface area contributed by atoms with Gasteiger partial charge in [-0.25, -0.2) is 0 Å². The summed E-state index contributed by atoms with van der Waals surface area (Å²) in [4.78, 5) is 11.9. The molecule has 0 aliphatic rings. The van der Waals surface area contributed by atoms with Gasteiger partial charge in [-0.15, -0.1) is 0 Å². The topological polar surface area (TPSA) is 22.0 Å². The molecule has 0 fully saturated rings. The molecular formula is C13H21NO. The van der Waals surface area contributed by atoms with Crippen molar-refractivity contribution >= 4 is 0 Å². The number of aromatic nitrogens is 1. The van der Waals surface area contributed by atoms with Gasteiger partial charge in [0.1, 0.15) is 0 Å². The van der Waals surface area contributed by atoms with Crippen LogP contribution in [-0.2, 0) is 6.54 Å². The first kappa shape index (κ1) is 12.0. The van der Waals surface area contributed by atoms with Crippen LogP contribution in [0, 0.1) is 20.8 Å². The molecular weight excluding hydrogens is 186 g/mol. The first-order chi connectivity index (χ1) is 7.07. The molecule has 0 amide bonds. The fourth-order valence-corrected chi connectivity index (χ4v) is 1.76. The summed E-state index contributed by atoms with van der Waals surface area (Å²) in [5, 5.41) is 0. The molecule has 1 aromatic rings. The highest BCUT2D eigenvalue weighted by Gasteiger charge is 2.05. The van der Waals surface area contributed by atoms with Gasteiger partial charge >= 0.3 is 0 Å². The van der Waals surface area contributed by atoms with Crippen LogP contribution in [0.15, 0.2) is 11.0 Å². The Labute approximate surface area is 91.9 Å². The third-order valence-electron chi connectivity index (χ3n) is 3.09. The monoisotopic (exact) mass is 207 g/mol. The van der Waals surface area contributed by atoms with Crippen molar-refractivity contribution in [3.8, 4) is 0 Å². The van der Waals surface area contributed by atoms with Crippen LogP contribution >= 0.6 is 0 Å². The maximum atomic E-state index is 11.9. The van der Waals surface area contributed by atoms with Gasteiger partial charge in [0.15, 0.2) is 0 Å². The molecule has 0 N–H and O–H groups in total. The molecule has 15 heavy (non-hydrogen) atoms. The molecule has 84 valence electrons. The normalized spacial score (nSPS) is 10.7. The third-order valence-corrected chi connectivity index (χ3v) is 3.09. The number of rotatable bonds is 4. The summed E-state index contributed by atoms with van der Waals surface area (Å²) in [5.74, 6) is 0. The van der Waals surface area contributed by atoms with E-state index >= 15 is 0 Å².